The molecule has 0 unspecified atom stereocenters. The van der Waals surface area contributed by atoms with Crippen LogP contribution in [-0.2, 0) is 6.42 Å². The molecule has 0 saturated heterocycles. The van der Waals surface area contributed by atoms with Crippen LogP contribution in [0.15, 0.2) is 66.7 Å². The molecule has 98 valence electrons. The molecule has 0 N–H and O–H groups in total. The van der Waals surface area contributed by atoms with Crippen LogP contribution in [0.25, 0.3) is 32.9 Å². The molecule has 3 aromatic carbocycles. The second kappa shape index (κ2) is 3.92. The number of hydrogen-bond acceptors (Lipinski definition) is 1. The normalized spacial score (nSPS) is 12.6. The van der Waals surface area contributed by atoms with Crippen LogP contribution in [0, 0.1) is 0 Å². The van der Waals surface area contributed by atoms with Crippen molar-refractivity contribution in [2.24, 2.45) is 0 Å². The molecule has 0 spiro atoms. The Hall–Kier alpha value is -2.67. The van der Waals surface area contributed by atoms with Crippen molar-refractivity contribution in [3.8, 4) is 11.3 Å². The third-order valence-electron chi connectivity index (χ3n) is 4.47. The van der Waals surface area contributed by atoms with Gasteiger partial charge in [-0.15, -0.1) is 0 Å². The molecular weight excluding hydrogens is 254 g/mol. The Balaban J connectivity index is 1.86. The number of nitrogens with zero attached hydrogens (tertiary/aromatic N) is 1. The smallest absolute Gasteiger partial charge is 0.0748 e. The number of fused-ring (bicyclic) bond motifs is 6. The van der Waals surface area contributed by atoms with Crippen LogP contribution in [-0.4, -0.2) is 4.98 Å². The monoisotopic (exact) mass is 267 g/mol. The second-order valence-corrected chi connectivity index (χ2v) is 5.68. The summed E-state index contributed by atoms with van der Waals surface area (Å²) in [6.07, 6.45) is 0.990. The molecular formula is C20H13N. The van der Waals surface area contributed by atoms with Gasteiger partial charge in [-0.25, -0.2) is 4.98 Å². The van der Waals surface area contributed by atoms with Gasteiger partial charge in [0.1, 0.15) is 0 Å². The fourth-order valence-corrected chi connectivity index (χ4v) is 3.47. The van der Waals surface area contributed by atoms with Crippen LogP contribution in [0.3, 0.4) is 0 Å². The van der Waals surface area contributed by atoms with E-state index in [-0.39, 0.29) is 0 Å². The van der Waals surface area contributed by atoms with Gasteiger partial charge in [-0.1, -0.05) is 54.6 Å². The van der Waals surface area contributed by atoms with Crippen molar-refractivity contribution in [2.45, 2.75) is 6.42 Å². The number of para-hydroxylation sites is 1. The van der Waals surface area contributed by atoms with E-state index in [9.17, 15) is 0 Å². The summed E-state index contributed by atoms with van der Waals surface area (Å²) in [5, 5.41) is 3.90. The third kappa shape index (κ3) is 1.49. The lowest BCUT2D eigenvalue weighted by atomic mass is 10.0. The fourth-order valence-electron chi connectivity index (χ4n) is 3.47. The predicted molar refractivity (Wildman–Crippen MR) is 87.5 cm³/mol. The summed E-state index contributed by atoms with van der Waals surface area (Å²) in [5.41, 5.74) is 6.31. The Kier molecular flexibility index (Phi) is 2.06. The number of rotatable bonds is 0. The Morgan fingerprint density at radius 1 is 0.762 bits per heavy atom. The van der Waals surface area contributed by atoms with E-state index < -0.39 is 0 Å². The lowest BCUT2D eigenvalue weighted by Crippen LogP contribution is -1.86. The molecule has 0 fully saturated rings. The number of pyridine rings is 1. The van der Waals surface area contributed by atoms with Crippen LogP contribution in [0.5, 0.6) is 0 Å². The molecule has 0 saturated carbocycles. The van der Waals surface area contributed by atoms with E-state index in [0.29, 0.717) is 0 Å². The van der Waals surface area contributed by atoms with Gasteiger partial charge in [0, 0.05) is 17.4 Å². The van der Waals surface area contributed by atoms with E-state index in [4.69, 9.17) is 4.98 Å². The van der Waals surface area contributed by atoms with Crippen molar-refractivity contribution in [3.05, 3.63) is 77.9 Å². The molecule has 1 aliphatic rings. The van der Waals surface area contributed by atoms with Gasteiger partial charge < -0.3 is 0 Å². The Morgan fingerprint density at radius 2 is 1.57 bits per heavy atom. The van der Waals surface area contributed by atoms with Gasteiger partial charge in [0.05, 0.1) is 11.2 Å². The zero-order valence-corrected chi connectivity index (χ0v) is 11.5. The van der Waals surface area contributed by atoms with Gasteiger partial charge in [-0.2, -0.15) is 0 Å². The highest BCUT2D eigenvalue weighted by molar-refractivity contribution is 5.96. The van der Waals surface area contributed by atoms with Crippen molar-refractivity contribution in [1.29, 1.82) is 0 Å². The molecule has 0 radical (unpaired) electrons. The summed E-state index contributed by atoms with van der Waals surface area (Å²) in [7, 11) is 0. The number of hydrogen-bond donors (Lipinski definition) is 0. The number of benzene rings is 3. The van der Waals surface area contributed by atoms with Crippen LogP contribution < -0.4 is 0 Å². The average Bonchev–Trinajstić information content (AvgIpc) is 2.90. The van der Waals surface area contributed by atoms with E-state index in [1.807, 2.05) is 0 Å². The quantitative estimate of drug-likeness (QED) is 0.386. The zero-order chi connectivity index (χ0) is 13.8. The Labute approximate surface area is 122 Å². The van der Waals surface area contributed by atoms with Crippen molar-refractivity contribution in [3.63, 3.8) is 0 Å². The summed E-state index contributed by atoms with van der Waals surface area (Å²) in [6.45, 7) is 0. The fraction of sp³-hybridized carbons (Fsp3) is 0.0500. The van der Waals surface area contributed by atoms with Crippen molar-refractivity contribution in [2.75, 3.05) is 0 Å². The predicted octanol–water partition coefficient (Wildman–Crippen LogP) is 4.96. The van der Waals surface area contributed by atoms with E-state index >= 15 is 0 Å². The topological polar surface area (TPSA) is 12.9 Å². The highest BCUT2D eigenvalue weighted by atomic mass is 14.7. The molecule has 1 nitrogen and oxygen atoms in total. The molecule has 21 heavy (non-hydrogen) atoms. The van der Waals surface area contributed by atoms with E-state index in [1.165, 1.54) is 32.8 Å². The molecule has 0 bridgehead atoms. The highest BCUT2D eigenvalue weighted by Crippen LogP contribution is 2.40. The van der Waals surface area contributed by atoms with Crippen LogP contribution in [0.2, 0.25) is 0 Å². The summed E-state index contributed by atoms with van der Waals surface area (Å²) < 4.78 is 0. The minimum atomic E-state index is 0.990. The van der Waals surface area contributed by atoms with Crippen LogP contribution >= 0.6 is 0 Å². The van der Waals surface area contributed by atoms with Crippen LogP contribution in [0.1, 0.15) is 11.1 Å². The minimum absolute atomic E-state index is 0.990. The maximum absolute atomic E-state index is 4.90. The molecule has 1 heteroatoms. The van der Waals surface area contributed by atoms with Gasteiger partial charge in [-0.05, 0) is 34.0 Å². The molecule has 0 aliphatic heterocycles. The lowest BCUT2D eigenvalue weighted by Gasteiger charge is -2.05. The van der Waals surface area contributed by atoms with Crippen molar-refractivity contribution >= 4 is 21.7 Å². The average molecular weight is 267 g/mol. The first-order valence-corrected chi connectivity index (χ1v) is 7.30. The van der Waals surface area contributed by atoms with Gasteiger partial charge in [0.25, 0.3) is 0 Å². The Morgan fingerprint density at radius 3 is 2.52 bits per heavy atom. The van der Waals surface area contributed by atoms with Crippen molar-refractivity contribution < 1.29 is 0 Å². The lowest BCUT2D eigenvalue weighted by molar-refractivity contribution is 1.27. The summed E-state index contributed by atoms with van der Waals surface area (Å²) >= 11 is 0. The second-order valence-electron chi connectivity index (χ2n) is 5.68. The molecule has 1 aliphatic carbocycles. The van der Waals surface area contributed by atoms with Gasteiger partial charge in [0.2, 0.25) is 0 Å². The van der Waals surface area contributed by atoms with E-state index in [0.717, 1.165) is 17.6 Å². The standard InChI is InChI=1S/C20H13N/c1-3-7-16-13(5-1)9-10-17-18(16)12-15-11-14-6-2-4-8-19(14)21-20(15)17/h1-11H,12H2. The molecule has 0 atom stereocenters. The SMILES string of the molecule is c1ccc2nc3c(cc2c1)Cc1c-3ccc2ccccc12. The largest absolute Gasteiger partial charge is 0.247 e. The first kappa shape index (κ1) is 11.0. The van der Waals surface area contributed by atoms with Gasteiger partial charge in [-0.3, -0.25) is 0 Å². The molecule has 5 rings (SSSR count). The molecule has 1 aromatic heterocycles. The first-order chi connectivity index (χ1) is 10.4. The third-order valence-corrected chi connectivity index (χ3v) is 4.47. The molecule has 4 aromatic rings. The summed E-state index contributed by atoms with van der Waals surface area (Å²) in [4.78, 5) is 4.90. The zero-order valence-electron chi connectivity index (χ0n) is 11.5. The van der Waals surface area contributed by atoms with E-state index in [2.05, 4.69) is 66.7 Å². The van der Waals surface area contributed by atoms with E-state index in [1.54, 1.807) is 0 Å². The number of aromatic nitrogens is 1. The first-order valence-electron chi connectivity index (χ1n) is 7.30. The molecule has 1 heterocycles. The van der Waals surface area contributed by atoms with Crippen LogP contribution in [0.4, 0.5) is 0 Å². The molecule has 0 amide bonds. The Bertz CT molecular complexity index is 1010. The minimum Gasteiger partial charge on any atom is -0.247 e. The maximum Gasteiger partial charge on any atom is 0.0748 e. The summed E-state index contributed by atoms with van der Waals surface area (Å²) in [6, 6.07) is 23.7. The van der Waals surface area contributed by atoms with Crippen molar-refractivity contribution in [1.82, 2.24) is 4.98 Å². The maximum atomic E-state index is 4.90. The highest BCUT2D eigenvalue weighted by Gasteiger charge is 2.22. The van der Waals surface area contributed by atoms with Gasteiger partial charge >= 0.3 is 0 Å². The van der Waals surface area contributed by atoms with Gasteiger partial charge in [0.15, 0.2) is 0 Å². The summed E-state index contributed by atoms with van der Waals surface area (Å²) in [5.74, 6) is 0.